The van der Waals surface area contributed by atoms with Crippen LogP contribution in [-0.2, 0) is 47.7 Å². The van der Waals surface area contributed by atoms with Crippen LogP contribution in [0.4, 0.5) is 0 Å². The van der Waals surface area contributed by atoms with Gasteiger partial charge >= 0.3 is 29.8 Å². The molecule has 46 heavy (non-hydrogen) atoms. The zero-order chi connectivity index (χ0) is 34.6. The van der Waals surface area contributed by atoms with Gasteiger partial charge in [0.2, 0.25) is 0 Å². The van der Waals surface area contributed by atoms with Crippen molar-refractivity contribution < 1.29 is 52.8 Å². The number of carbonyl (C=O) groups is 5. The normalized spacial score (nSPS) is 33.9. The van der Waals surface area contributed by atoms with Crippen molar-refractivity contribution in [2.45, 2.75) is 111 Å². The van der Waals surface area contributed by atoms with Gasteiger partial charge < -0.3 is 28.8 Å². The summed E-state index contributed by atoms with van der Waals surface area (Å²) in [6.45, 7) is 12.9. The Balaban J connectivity index is 2.31. The first kappa shape index (κ1) is 37.5. The maximum atomic E-state index is 13.3. The first-order chi connectivity index (χ1) is 21.5. The molecule has 0 amide bonds. The molecule has 0 unspecified atom stereocenters. The number of fused-ring (bicyclic) bond motifs is 1. The van der Waals surface area contributed by atoms with E-state index in [0.717, 1.165) is 0 Å². The largest absolute Gasteiger partial charge is 0.465 e. The Morgan fingerprint density at radius 1 is 1.17 bits per heavy atom. The highest BCUT2D eigenvalue weighted by molar-refractivity contribution is 6.18. The lowest BCUT2D eigenvalue weighted by molar-refractivity contribution is -0.293. The van der Waals surface area contributed by atoms with E-state index in [1.807, 2.05) is 20.8 Å². The number of aliphatic hydroxyl groups is 1. The van der Waals surface area contributed by atoms with Crippen molar-refractivity contribution in [2.24, 2.45) is 28.6 Å². The number of cyclic esters (lactones) is 1. The number of halogens is 1. The van der Waals surface area contributed by atoms with Crippen LogP contribution in [0.5, 0.6) is 0 Å². The zero-order valence-corrected chi connectivity index (χ0v) is 28.9. The molecular formula is C34H49ClO11. The molecule has 0 aromatic heterocycles. The summed E-state index contributed by atoms with van der Waals surface area (Å²) in [6.07, 6.45) is 1.37. The van der Waals surface area contributed by atoms with E-state index in [0.29, 0.717) is 17.6 Å². The highest BCUT2D eigenvalue weighted by Gasteiger charge is 2.73. The lowest BCUT2D eigenvalue weighted by Crippen LogP contribution is -2.74. The number of rotatable bonds is 12. The second kappa shape index (κ2) is 14.9. The van der Waals surface area contributed by atoms with Crippen LogP contribution in [0.25, 0.3) is 0 Å². The summed E-state index contributed by atoms with van der Waals surface area (Å²) in [4.78, 5) is 63.6. The number of allylic oxidation sites excluding steroid dienone is 1. The Labute approximate surface area is 276 Å². The van der Waals surface area contributed by atoms with E-state index in [9.17, 15) is 29.1 Å². The van der Waals surface area contributed by atoms with E-state index in [4.69, 9.17) is 35.3 Å². The molecule has 0 aromatic carbocycles. The maximum absolute atomic E-state index is 13.3. The zero-order valence-electron chi connectivity index (χ0n) is 28.2. The standard InChI is InChI=1S/C34H49ClO11/c1-9-19(3)30(39)45-25-11-12-33(41,17-35)34(18-43-22(6)36)27(44-23(7)37)13-21(5)32(8,29(25)34)15-26(24-14-28(38)42-16-24)46-31(40)20(4)10-2/h9,14,20-21,25-27,29,41H,10-13,15-18H2,1-8H3/b19-9+/t20-,21+,25+,26-,27-,29+,32-,33-,34-/m0/s1. The summed E-state index contributed by atoms with van der Waals surface area (Å²) >= 11 is 6.57. The second-order valence-electron chi connectivity index (χ2n) is 13.4. The van der Waals surface area contributed by atoms with Gasteiger partial charge in [0.25, 0.3) is 0 Å². The molecule has 11 nitrogen and oxygen atoms in total. The molecular weight excluding hydrogens is 620 g/mol. The van der Waals surface area contributed by atoms with Gasteiger partial charge in [-0.3, -0.25) is 14.4 Å². The fourth-order valence-electron chi connectivity index (χ4n) is 7.55. The summed E-state index contributed by atoms with van der Waals surface area (Å²) in [5, 5.41) is 12.5. The number of alkyl halides is 1. The van der Waals surface area contributed by atoms with Crippen molar-refractivity contribution in [3.8, 4) is 0 Å². The van der Waals surface area contributed by atoms with Crippen LogP contribution >= 0.6 is 11.6 Å². The van der Waals surface area contributed by atoms with E-state index in [-0.39, 0.29) is 50.7 Å². The molecule has 2 saturated carbocycles. The first-order valence-corrected chi connectivity index (χ1v) is 16.5. The second-order valence-corrected chi connectivity index (χ2v) is 13.7. The minimum absolute atomic E-state index is 0.0588. The minimum Gasteiger partial charge on any atom is -0.465 e. The van der Waals surface area contributed by atoms with Crippen LogP contribution in [0.15, 0.2) is 23.3 Å². The Bertz CT molecular complexity index is 1260. The van der Waals surface area contributed by atoms with Crippen LogP contribution in [-0.4, -0.2) is 78.0 Å². The van der Waals surface area contributed by atoms with Crippen molar-refractivity contribution in [3.05, 3.63) is 23.3 Å². The van der Waals surface area contributed by atoms with E-state index in [2.05, 4.69) is 0 Å². The lowest BCUT2D eigenvalue weighted by atomic mass is 9.41. The van der Waals surface area contributed by atoms with Crippen molar-refractivity contribution in [2.75, 3.05) is 19.1 Å². The molecule has 1 heterocycles. The van der Waals surface area contributed by atoms with Gasteiger partial charge in [0.05, 0.1) is 22.8 Å². The quantitative estimate of drug-likeness (QED) is 0.134. The van der Waals surface area contributed by atoms with Crippen LogP contribution in [0.3, 0.4) is 0 Å². The third-order valence-corrected chi connectivity index (χ3v) is 11.1. The van der Waals surface area contributed by atoms with Gasteiger partial charge in [-0.05, 0) is 57.3 Å². The third kappa shape index (κ3) is 7.30. The van der Waals surface area contributed by atoms with Crippen molar-refractivity contribution in [1.29, 1.82) is 0 Å². The maximum Gasteiger partial charge on any atom is 0.333 e. The minimum atomic E-state index is -1.73. The van der Waals surface area contributed by atoms with E-state index >= 15 is 0 Å². The molecule has 2 fully saturated rings. The van der Waals surface area contributed by atoms with Crippen LogP contribution in [0, 0.1) is 28.6 Å². The van der Waals surface area contributed by atoms with Gasteiger partial charge in [-0.2, -0.15) is 0 Å². The van der Waals surface area contributed by atoms with Gasteiger partial charge in [0, 0.05) is 37.0 Å². The van der Waals surface area contributed by atoms with Gasteiger partial charge in [0.15, 0.2) is 0 Å². The number of hydrogen-bond donors (Lipinski definition) is 1. The molecule has 0 radical (unpaired) electrons. The van der Waals surface area contributed by atoms with Crippen LogP contribution in [0.2, 0.25) is 0 Å². The Morgan fingerprint density at radius 3 is 2.37 bits per heavy atom. The number of esters is 5. The van der Waals surface area contributed by atoms with Crippen molar-refractivity contribution >= 4 is 41.4 Å². The SMILES string of the molecule is C/C=C(\C)C(=O)O[C@@H]1CC[C@](O)(CCl)[C@@]2(COC(C)=O)[C@@H](OC(C)=O)C[C@@H](C)[C@](C)(C[C@H](OC(=O)[C@@H](C)CC)C3=CC(=O)OC3)[C@@H]12. The highest BCUT2D eigenvalue weighted by atomic mass is 35.5. The van der Waals surface area contributed by atoms with Crippen LogP contribution in [0.1, 0.15) is 87.5 Å². The summed E-state index contributed by atoms with van der Waals surface area (Å²) in [5.74, 6) is -4.62. The molecule has 9 atom stereocenters. The summed E-state index contributed by atoms with van der Waals surface area (Å²) < 4.78 is 29.1. The Morgan fingerprint density at radius 2 is 1.85 bits per heavy atom. The fourth-order valence-corrected chi connectivity index (χ4v) is 7.94. The molecule has 0 bridgehead atoms. The van der Waals surface area contributed by atoms with E-state index < -0.39 is 76.4 Å². The first-order valence-electron chi connectivity index (χ1n) is 16.0. The topological polar surface area (TPSA) is 152 Å². The number of carbonyl (C=O) groups excluding carboxylic acids is 5. The monoisotopic (exact) mass is 668 g/mol. The molecule has 258 valence electrons. The third-order valence-electron chi connectivity index (χ3n) is 10.7. The molecule has 0 spiro atoms. The Kier molecular flexibility index (Phi) is 12.1. The molecule has 3 rings (SSSR count). The van der Waals surface area contributed by atoms with Crippen molar-refractivity contribution in [1.82, 2.24) is 0 Å². The van der Waals surface area contributed by atoms with E-state index in [1.54, 1.807) is 26.8 Å². The van der Waals surface area contributed by atoms with Crippen molar-refractivity contribution in [3.63, 3.8) is 0 Å². The highest BCUT2D eigenvalue weighted by Crippen LogP contribution is 2.66. The number of hydrogen-bond acceptors (Lipinski definition) is 11. The predicted octanol–water partition coefficient (Wildman–Crippen LogP) is 4.60. The molecule has 2 aliphatic carbocycles. The van der Waals surface area contributed by atoms with E-state index in [1.165, 1.54) is 19.9 Å². The van der Waals surface area contributed by atoms with Gasteiger partial charge in [0.1, 0.15) is 31.5 Å². The van der Waals surface area contributed by atoms with Gasteiger partial charge in [-0.15, -0.1) is 11.6 Å². The molecule has 0 aromatic rings. The Hall–Kier alpha value is -2.92. The molecule has 0 saturated heterocycles. The average molecular weight is 669 g/mol. The summed E-state index contributed by atoms with van der Waals surface area (Å²) in [6, 6.07) is 0. The average Bonchev–Trinajstić information content (AvgIpc) is 3.44. The smallest absolute Gasteiger partial charge is 0.333 e. The number of ether oxygens (including phenoxy) is 5. The molecule has 3 aliphatic rings. The van der Waals surface area contributed by atoms with Gasteiger partial charge in [-0.1, -0.05) is 33.8 Å². The molecule has 12 heteroatoms. The van der Waals surface area contributed by atoms with Gasteiger partial charge in [-0.25, -0.2) is 9.59 Å². The summed E-state index contributed by atoms with van der Waals surface area (Å²) in [7, 11) is 0. The molecule has 1 aliphatic heterocycles. The van der Waals surface area contributed by atoms with Crippen LogP contribution < -0.4 is 0 Å². The lowest BCUT2D eigenvalue weighted by Gasteiger charge is -2.67. The summed E-state index contributed by atoms with van der Waals surface area (Å²) in [5.41, 5.74) is -3.37. The molecule has 1 N–H and O–H groups in total. The predicted molar refractivity (Wildman–Crippen MR) is 167 cm³/mol. The fraction of sp³-hybridized carbons (Fsp3) is 0.735.